The third-order valence-corrected chi connectivity index (χ3v) is 3.45. The number of carbonyl (C=O) groups is 2. The highest BCUT2D eigenvalue weighted by atomic mass is 32.1. The van der Waals surface area contributed by atoms with Crippen LogP contribution in [0.5, 0.6) is 5.88 Å². The van der Waals surface area contributed by atoms with Crippen LogP contribution < -0.4 is 15.8 Å². The van der Waals surface area contributed by atoms with Gasteiger partial charge in [-0.05, 0) is 30.8 Å². The van der Waals surface area contributed by atoms with Crippen molar-refractivity contribution in [3.63, 3.8) is 0 Å². The van der Waals surface area contributed by atoms with E-state index < -0.39 is 5.91 Å². The first kappa shape index (κ1) is 17.7. The maximum atomic E-state index is 11.6. The molecule has 0 unspecified atom stereocenters. The molecule has 1 aromatic rings. The first-order chi connectivity index (χ1) is 10.5. The lowest BCUT2D eigenvalue weighted by atomic mass is 10.2. The molecule has 3 N–H and O–H groups in total. The van der Waals surface area contributed by atoms with Crippen molar-refractivity contribution in [1.29, 1.82) is 5.26 Å². The Morgan fingerprint density at radius 2 is 2.14 bits per heavy atom. The molecule has 0 aliphatic rings. The number of nitrogens with one attached hydrogen (secondary N) is 1. The molecule has 0 spiro atoms. The van der Waals surface area contributed by atoms with Gasteiger partial charge in [-0.25, -0.2) is 4.79 Å². The smallest absolute Gasteiger partial charge is 0.321 e. The van der Waals surface area contributed by atoms with E-state index in [1.807, 2.05) is 0 Å². The minimum atomic E-state index is -0.706. The van der Waals surface area contributed by atoms with Crippen molar-refractivity contribution < 1.29 is 14.3 Å². The van der Waals surface area contributed by atoms with Crippen molar-refractivity contribution >= 4 is 28.5 Å². The zero-order valence-corrected chi connectivity index (χ0v) is 13.4. The topological polar surface area (TPSA) is 121 Å². The number of hydrogen-bond acceptors (Lipinski definition) is 6. The fraction of sp³-hybridized carbons (Fsp3) is 0.538. The number of nitrogens with two attached hydrogens (primary N) is 1. The predicted octanol–water partition coefficient (Wildman–Crippen LogP) is 1.80. The average Bonchev–Trinajstić information content (AvgIpc) is 2.85. The summed E-state index contributed by atoms with van der Waals surface area (Å²) >= 11 is 0.945. The Morgan fingerprint density at radius 1 is 1.41 bits per heavy atom. The molecule has 0 atom stereocenters. The molecule has 22 heavy (non-hydrogen) atoms. The van der Waals surface area contributed by atoms with E-state index in [4.69, 9.17) is 15.7 Å². The fourth-order valence-corrected chi connectivity index (χ4v) is 2.27. The lowest BCUT2D eigenvalue weighted by molar-refractivity contribution is 0.0997. The van der Waals surface area contributed by atoms with E-state index in [1.165, 1.54) is 4.90 Å². The van der Waals surface area contributed by atoms with Gasteiger partial charge >= 0.3 is 6.03 Å². The van der Waals surface area contributed by atoms with Crippen molar-refractivity contribution in [3.8, 4) is 11.9 Å². The van der Waals surface area contributed by atoms with Gasteiger partial charge in [0.15, 0.2) is 0 Å². The van der Waals surface area contributed by atoms with Crippen LogP contribution >= 0.6 is 11.5 Å². The van der Waals surface area contributed by atoms with Gasteiger partial charge in [-0.15, -0.1) is 0 Å². The van der Waals surface area contributed by atoms with Crippen LogP contribution in [-0.2, 0) is 0 Å². The van der Waals surface area contributed by atoms with Gasteiger partial charge < -0.3 is 15.4 Å². The molecule has 1 heterocycles. The molecule has 0 saturated carbocycles. The number of aromatic nitrogens is 1. The van der Waals surface area contributed by atoms with Gasteiger partial charge in [-0.2, -0.15) is 9.64 Å². The lowest BCUT2D eigenvalue weighted by Gasteiger charge is -2.11. The second-order valence-corrected chi connectivity index (χ2v) is 5.47. The number of primary amides is 1. The number of hydrogen-bond donors (Lipinski definition) is 2. The quantitative estimate of drug-likeness (QED) is 0.706. The number of ether oxygens (including phenoxy) is 1. The molecule has 0 bridgehead atoms. The Morgan fingerprint density at radius 3 is 2.73 bits per heavy atom. The van der Waals surface area contributed by atoms with Gasteiger partial charge in [0.05, 0.1) is 12.7 Å². The Labute approximate surface area is 133 Å². The van der Waals surface area contributed by atoms with E-state index in [1.54, 1.807) is 14.1 Å². The molecule has 120 valence electrons. The second-order valence-electron chi connectivity index (χ2n) is 4.70. The van der Waals surface area contributed by atoms with E-state index in [0.717, 1.165) is 30.8 Å². The Kier molecular flexibility index (Phi) is 7.12. The maximum absolute atomic E-state index is 11.6. The van der Waals surface area contributed by atoms with E-state index in [-0.39, 0.29) is 22.5 Å². The monoisotopic (exact) mass is 325 g/mol. The summed E-state index contributed by atoms with van der Waals surface area (Å²) in [6, 6.07) is 1.69. The molecule has 0 fully saturated rings. The lowest BCUT2D eigenvalue weighted by Crippen LogP contribution is -2.28. The first-order valence-corrected chi connectivity index (χ1v) is 7.52. The summed E-state index contributed by atoms with van der Waals surface area (Å²) in [5.74, 6) is -0.575. The minimum Gasteiger partial charge on any atom is -0.476 e. The minimum absolute atomic E-state index is 0.0808. The average molecular weight is 325 g/mol. The van der Waals surface area contributed by atoms with Gasteiger partial charge in [0.25, 0.3) is 5.91 Å². The van der Waals surface area contributed by atoms with Gasteiger partial charge in [0.2, 0.25) is 5.88 Å². The molecule has 0 aromatic carbocycles. The maximum Gasteiger partial charge on any atom is 0.321 e. The standard InChI is InChI=1S/C13H19N5O3S/c1-18(2)13(20)16-12-9(10(15)19)11(17-22-12)21-8-6-4-3-5-7-14/h3-6,8H2,1-2H3,(H2,15,19)(H,16,20). The summed E-state index contributed by atoms with van der Waals surface area (Å²) in [5.41, 5.74) is 5.41. The SMILES string of the molecule is CN(C)C(=O)Nc1snc(OCCCCCC#N)c1C(N)=O. The predicted molar refractivity (Wildman–Crippen MR) is 82.9 cm³/mol. The van der Waals surface area contributed by atoms with Crippen LogP contribution in [0.3, 0.4) is 0 Å². The van der Waals surface area contributed by atoms with Crippen LogP contribution in [0.15, 0.2) is 0 Å². The summed E-state index contributed by atoms with van der Waals surface area (Å²) < 4.78 is 9.47. The Balaban J connectivity index is 2.64. The molecular formula is C13H19N5O3S. The van der Waals surface area contributed by atoms with E-state index in [2.05, 4.69) is 15.8 Å². The van der Waals surface area contributed by atoms with Crippen molar-refractivity contribution in [1.82, 2.24) is 9.27 Å². The zero-order valence-electron chi connectivity index (χ0n) is 12.6. The van der Waals surface area contributed by atoms with Crippen LogP contribution in [0.2, 0.25) is 0 Å². The van der Waals surface area contributed by atoms with Gasteiger partial charge in [-0.3, -0.25) is 10.1 Å². The highest BCUT2D eigenvalue weighted by molar-refractivity contribution is 7.11. The Bertz CT molecular complexity index is 565. The molecule has 0 aliphatic heterocycles. The number of anilines is 1. The van der Waals surface area contributed by atoms with Crippen molar-refractivity contribution in [2.75, 3.05) is 26.0 Å². The first-order valence-electron chi connectivity index (χ1n) is 6.75. The van der Waals surface area contributed by atoms with Crippen molar-refractivity contribution in [2.45, 2.75) is 25.7 Å². The fourth-order valence-electron chi connectivity index (χ4n) is 1.54. The van der Waals surface area contributed by atoms with Crippen LogP contribution in [0, 0.1) is 11.3 Å². The number of nitriles is 1. The van der Waals surface area contributed by atoms with Crippen LogP contribution in [0.25, 0.3) is 0 Å². The summed E-state index contributed by atoms with van der Waals surface area (Å²) in [7, 11) is 3.16. The molecule has 0 saturated heterocycles. The number of carbonyl (C=O) groups excluding carboxylic acids is 2. The highest BCUT2D eigenvalue weighted by Gasteiger charge is 2.22. The molecule has 1 rings (SSSR count). The van der Waals surface area contributed by atoms with Crippen LogP contribution in [0.1, 0.15) is 36.0 Å². The second kappa shape index (κ2) is 8.84. The van der Waals surface area contributed by atoms with E-state index >= 15 is 0 Å². The van der Waals surface area contributed by atoms with E-state index in [0.29, 0.717) is 13.0 Å². The highest BCUT2D eigenvalue weighted by Crippen LogP contribution is 2.30. The van der Waals surface area contributed by atoms with Gasteiger partial charge in [-0.1, -0.05) is 0 Å². The molecular weight excluding hydrogens is 306 g/mol. The molecule has 0 aliphatic carbocycles. The summed E-state index contributed by atoms with van der Waals surface area (Å²) in [6.07, 6.45) is 2.93. The molecule has 1 aromatic heterocycles. The van der Waals surface area contributed by atoms with Crippen molar-refractivity contribution in [2.24, 2.45) is 5.73 Å². The number of unbranched alkanes of at least 4 members (excludes halogenated alkanes) is 3. The number of nitrogens with zero attached hydrogens (tertiary/aromatic N) is 3. The normalized spacial score (nSPS) is 9.86. The third-order valence-electron chi connectivity index (χ3n) is 2.71. The third kappa shape index (κ3) is 5.21. The number of amides is 3. The molecule has 8 nitrogen and oxygen atoms in total. The van der Waals surface area contributed by atoms with Gasteiger partial charge in [0.1, 0.15) is 10.6 Å². The molecule has 0 radical (unpaired) electrons. The number of urea groups is 1. The van der Waals surface area contributed by atoms with Crippen molar-refractivity contribution in [3.05, 3.63) is 5.56 Å². The summed E-state index contributed by atoms with van der Waals surface area (Å²) in [4.78, 5) is 24.5. The molecule has 3 amide bonds. The summed E-state index contributed by atoms with van der Waals surface area (Å²) in [5, 5.41) is 11.3. The Hall–Kier alpha value is -2.34. The van der Waals surface area contributed by atoms with Gasteiger partial charge in [0, 0.05) is 20.5 Å². The zero-order chi connectivity index (χ0) is 16.5. The summed E-state index contributed by atoms with van der Waals surface area (Å²) in [6.45, 7) is 0.372. The molecule has 9 heteroatoms. The number of rotatable bonds is 8. The van der Waals surface area contributed by atoms with E-state index in [9.17, 15) is 9.59 Å². The largest absolute Gasteiger partial charge is 0.476 e. The van der Waals surface area contributed by atoms with Crippen LogP contribution in [-0.4, -0.2) is 41.9 Å². The van der Waals surface area contributed by atoms with Crippen LogP contribution in [0.4, 0.5) is 9.80 Å².